The van der Waals surface area contributed by atoms with Gasteiger partial charge in [-0.1, -0.05) is 42.8 Å². The molecule has 1 unspecified atom stereocenters. The Balaban J connectivity index is 1.59. The van der Waals surface area contributed by atoms with Crippen LogP contribution in [0.5, 0.6) is 0 Å². The van der Waals surface area contributed by atoms with Gasteiger partial charge in [0.15, 0.2) is 0 Å². The third kappa shape index (κ3) is 5.27. The van der Waals surface area contributed by atoms with Gasteiger partial charge in [0.05, 0.1) is 4.92 Å². The Hall–Kier alpha value is -2.93. The fourth-order valence-corrected chi connectivity index (χ4v) is 3.45. The number of nitro groups is 1. The van der Waals surface area contributed by atoms with E-state index in [-0.39, 0.29) is 22.7 Å². The van der Waals surface area contributed by atoms with Gasteiger partial charge in [-0.05, 0) is 31.5 Å². The smallest absolute Gasteiger partial charge is 0.319 e. The van der Waals surface area contributed by atoms with Crippen LogP contribution in [0.15, 0.2) is 54.6 Å². The fraction of sp³-hybridized carbons (Fsp3) is 0.350. The number of hydrogen-bond donors (Lipinski definition) is 2. The number of carbonyl (C=O) groups is 1. The van der Waals surface area contributed by atoms with Gasteiger partial charge < -0.3 is 10.6 Å². The number of para-hydroxylation sites is 2. The van der Waals surface area contributed by atoms with Crippen molar-refractivity contribution in [3.8, 4) is 0 Å². The average molecular weight is 368 g/mol. The van der Waals surface area contributed by atoms with E-state index in [1.165, 1.54) is 0 Å². The molecule has 142 valence electrons. The van der Waals surface area contributed by atoms with Gasteiger partial charge in [-0.2, -0.15) is 0 Å². The highest BCUT2D eigenvalue weighted by molar-refractivity contribution is 5.89. The minimum atomic E-state index is -0.333. The number of likely N-dealkylation sites (tertiary alicyclic amines) is 1. The molecule has 0 radical (unpaired) electrons. The first-order valence-electron chi connectivity index (χ1n) is 9.20. The van der Waals surface area contributed by atoms with Crippen LogP contribution in [0.25, 0.3) is 0 Å². The lowest BCUT2D eigenvalue weighted by atomic mass is 10.0. The molecule has 2 aromatic rings. The Kier molecular flexibility index (Phi) is 6.38. The van der Waals surface area contributed by atoms with E-state index < -0.39 is 0 Å². The third-order valence-electron chi connectivity index (χ3n) is 4.84. The summed E-state index contributed by atoms with van der Waals surface area (Å²) < 4.78 is 0. The van der Waals surface area contributed by atoms with E-state index in [1.54, 1.807) is 18.2 Å². The standard InChI is InChI=1S/C20H24N4O3/c25-20(22-17-9-2-1-3-10-17)21-14-18-11-6-7-13-23(18)15-16-8-4-5-12-19(16)24(26)27/h1-5,8-10,12,18H,6-7,11,13-15H2,(H2,21,22,25). The van der Waals surface area contributed by atoms with E-state index >= 15 is 0 Å². The van der Waals surface area contributed by atoms with E-state index in [1.807, 2.05) is 36.4 Å². The summed E-state index contributed by atoms with van der Waals surface area (Å²) in [5.74, 6) is 0. The highest BCUT2D eigenvalue weighted by atomic mass is 16.6. The second-order valence-corrected chi connectivity index (χ2v) is 6.71. The van der Waals surface area contributed by atoms with Crippen LogP contribution >= 0.6 is 0 Å². The molecule has 1 aliphatic rings. The van der Waals surface area contributed by atoms with Crippen molar-refractivity contribution < 1.29 is 9.72 Å². The van der Waals surface area contributed by atoms with Crippen LogP contribution in [0.4, 0.5) is 16.2 Å². The van der Waals surface area contributed by atoms with Gasteiger partial charge in [0, 0.05) is 36.4 Å². The lowest BCUT2D eigenvalue weighted by molar-refractivity contribution is -0.385. The molecule has 2 N–H and O–H groups in total. The van der Waals surface area contributed by atoms with E-state index in [4.69, 9.17) is 0 Å². The maximum absolute atomic E-state index is 12.1. The number of carbonyl (C=O) groups excluding carboxylic acids is 1. The molecule has 1 saturated heterocycles. The minimum Gasteiger partial charge on any atom is -0.336 e. The summed E-state index contributed by atoms with van der Waals surface area (Å²) in [6.07, 6.45) is 3.12. The Bertz CT molecular complexity index is 782. The molecule has 1 fully saturated rings. The summed E-state index contributed by atoms with van der Waals surface area (Å²) in [4.78, 5) is 25.3. The van der Waals surface area contributed by atoms with Crippen molar-refractivity contribution in [3.05, 3.63) is 70.3 Å². The van der Waals surface area contributed by atoms with Gasteiger partial charge in [0.1, 0.15) is 0 Å². The van der Waals surface area contributed by atoms with Crippen molar-refractivity contribution in [2.45, 2.75) is 31.8 Å². The molecule has 0 aliphatic carbocycles. The average Bonchev–Trinajstić information content (AvgIpc) is 2.68. The zero-order chi connectivity index (χ0) is 19.1. The fourth-order valence-electron chi connectivity index (χ4n) is 3.45. The number of nitrogens with zero attached hydrogens (tertiary/aromatic N) is 2. The number of amides is 2. The molecule has 1 heterocycles. The van der Waals surface area contributed by atoms with E-state index in [0.717, 1.165) is 31.5 Å². The minimum absolute atomic E-state index is 0.150. The van der Waals surface area contributed by atoms with Crippen LogP contribution < -0.4 is 10.6 Å². The summed E-state index contributed by atoms with van der Waals surface area (Å²) in [5, 5.41) is 17.0. The predicted molar refractivity (Wildman–Crippen MR) is 105 cm³/mol. The van der Waals surface area contributed by atoms with Gasteiger partial charge in [-0.15, -0.1) is 0 Å². The third-order valence-corrected chi connectivity index (χ3v) is 4.84. The molecule has 7 heteroatoms. The van der Waals surface area contributed by atoms with E-state index in [9.17, 15) is 14.9 Å². The highest BCUT2D eigenvalue weighted by Gasteiger charge is 2.25. The Morgan fingerprint density at radius 1 is 1.11 bits per heavy atom. The number of anilines is 1. The van der Waals surface area contributed by atoms with Crippen molar-refractivity contribution in [2.75, 3.05) is 18.4 Å². The van der Waals surface area contributed by atoms with Gasteiger partial charge in [-0.25, -0.2) is 4.79 Å². The van der Waals surface area contributed by atoms with Crippen LogP contribution in [-0.4, -0.2) is 35.0 Å². The Labute approximate surface area is 158 Å². The molecule has 2 amide bonds. The predicted octanol–water partition coefficient (Wildman–Crippen LogP) is 3.77. The maximum Gasteiger partial charge on any atom is 0.319 e. The van der Waals surface area contributed by atoms with Crippen LogP contribution in [-0.2, 0) is 6.54 Å². The first-order chi connectivity index (χ1) is 13.1. The van der Waals surface area contributed by atoms with Gasteiger partial charge in [0.2, 0.25) is 0 Å². The topological polar surface area (TPSA) is 87.5 Å². The van der Waals surface area contributed by atoms with Crippen LogP contribution in [0.2, 0.25) is 0 Å². The summed E-state index contributed by atoms with van der Waals surface area (Å²) in [6, 6.07) is 16.1. The number of nitrogens with one attached hydrogen (secondary N) is 2. The molecule has 3 rings (SSSR count). The second kappa shape index (κ2) is 9.14. The zero-order valence-corrected chi connectivity index (χ0v) is 15.1. The van der Waals surface area contributed by atoms with Crippen molar-refractivity contribution in [1.82, 2.24) is 10.2 Å². The van der Waals surface area contributed by atoms with Crippen molar-refractivity contribution in [1.29, 1.82) is 0 Å². The molecule has 0 bridgehead atoms. The summed E-state index contributed by atoms with van der Waals surface area (Å²) >= 11 is 0. The molecule has 2 aromatic carbocycles. The van der Waals surface area contributed by atoms with E-state index in [2.05, 4.69) is 15.5 Å². The summed E-state index contributed by atoms with van der Waals surface area (Å²) in [6.45, 7) is 1.90. The first kappa shape index (κ1) is 18.8. The van der Waals surface area contributed by atoms with Crippen molar-refractivity contribution in [2.24, 2.45) is 0 Å². The quantitative estimate of drug-likeness (QED) is 0.600. The highest BCUT2D eigenvalue weighted by Crippen LogP contribution is 2.24. The molecule has 0 saturated carbocycles. The Morgan fingerprint density at radius 3 is 2.63 bits per heavy atom. The van der Waals surface area contributed by atoms with Crippen molar-refractivity contribution in [3.63, 3.8) is 0 Å². The lowest BCUT2D eigenvalue weighted by Gasteiger charge is -2.35. The number of piperidine rings is 1. The van der Waals surface area contributed by atoms with Crippen LogP contribution in [0.3, 0.4) is 0 Å². The molecule has 1 aliphatic heterocycles. The molecule has 0 spiro atoms. The monoisotopic (exact) mass is 368 g/mol. The number of benzene rings is 2. The number of rotatable bonds is 6. The largest absolute Gasteiger partial charge is 0.336 e. The number of hydrogen-bond acceptors (Lipinski definition) is 4. The maximum atomic E-state index is 12.1. The molecule has 27 heavy (non-hydrogen) atoms. The summed E-state index contributed by atoms with van der Waals surface area (Å²) in [7, 11) is 0. The first-order valence-corrected chi connectivity index (χ1v) is 9.20. The number of urea groups is 1. The van der Waals surface area contributed by atoms with Crippen LogP contribution in [0, 0.1) is 10.1 Å². The van der Waals surface area contributed by atoms with Crippen molar-refractivity contribution >= 4 is 17.4 Å². The number of nitro benzene ring substituents is 1. The lowest BCUT2D eigenvalue weighted by Crippen LogP contribution is -2.47. The van der Waals surface area contributed by atoms with E-state index in [0.29, 0.717) is 18.7 Å². The normalized spacial score (nSPS) is 17.3. The van der Waals surface area contributed by atoms with Gasteiger partial charge in [0.25, 0.3) is 5.69 Å². The second-order valence-electron chi connectivity index (χ2n) is 6.71. The van der Waals surface area contributed by atoms with Gasteiger partial charge in [-0.3, -0.25) is 15.0 Å². The van der Waals surface area contributed by atoms with Gasteiger partial charge >= 0.3 is 6.03 Å². The molecular formula is C20H24N4O3. The zero-order valence-electron chi connectivity index (χ0n) is 15.1. The molecule has 1 atom stereocenters. The molecule has 0 aromatic heterocycles. The molecule has 7 nitrogen and oxygen atoms in total. The van der Waals surface area contributed by atoms with Crippen LogP contribution in [0.1, 0.15) is 24.8 Å². The molecular weight excluding hydrogens is 344 g/mol. The SMILES string of the molecule is O=C(NCC1CCCCN1Cc1ccccc1[N+](=O)[O-])Nc1ccccc1. The Morgan fingerprint density at radius 2 is 1.85 bits per heavy atom. The summed E-state index contributed by atoms with van der Waals surface area (Å²) in [5.41, 5.74) is 1.61.